The van der Waals surface area contributed by atoms with E-state index in [1.165, 1.54) is 17.8 Å². The molecule has 130 valence electrons. The molecular weight excluding hydrogens is 306 g/mol. The van der Waals surface area contributed by atoms with Crippen molar-refractivity contribution in [2.24, 2.45) is 10.9 Å². The third-order valence-electron chi connectivity index (χ3n) is 4.68. The number of hydrogen-bond donors (Lipinski definition) is 1. The molecule has 1 aliphatic rings. The van der Waals surface area contributed by atoms with E-state index < -0.39 is 0 Å². The smallest absolute Gasteiger partial charge is 0.194 e. The van der Waals surface area contributed by atoms with E-state index in [-0.39, 0.29) is 0 Å². The summed E-state index contributed by atoms with van der Waals surface area (Å²) in [6.45, 7) is 15.1. The van der Waals surface area contributed by atoms with Gasteiger partial charge in [0.2, 0.25) is 0 Å². The first-order valence-corrected chi connectivity index (χ1v) is 9.49. The average Bonchev–Trinajstić information content (AvgIpc) is 3.13. The first-order valence-electron chi connectivity index (χ1n) is 8.68. The molecule has 2 heterocycles. The van der Waals surface area contributed by atoms with E-state index in [1.807, 2.05) is 7.05 Å². The van der Waals surface area contributed by atoms with Crippen molar-refractivity contribution in [3.8, 4) is 0 Å². The van der Waals surface area contributed by atoms with Crippen molar-refractivity contribution in [2.75, 3.05) is 39.8 Å². The van der Waals surface area contributed by atoms with Gasteiger partial charge in [-0.25, -0.2) is 4.98 Å². The number of hydrogen-bond acceptors (Lipinski definition) is 4. The lowest BCUT2D eigenvalue weighted by atomic mass is 10.1. The Morgan fingerprint density at radius 1 is 1.39 bits per heavy atom. The van der Waals surface area contributed by atoms with Crippen LogP contribution in [0.5, 0.6) is 0 Å². The number of likely N-dealkylation sites (tertiary alicyclic amines) is 1. The minimum atomic E-state index is 0.748. The molecule has 5 nitrogen and oxygen atoms in total. The van der Waals surface area contributed by atoms with Gasteiger partial charge in [-0.2, -0.15) is 0 Å². The van der Waals surface area contributed by atoms with Gasteiger partial charge in [0, 0.05) is 31.6 Å². The van der Waals surface area contributed by atoms with Crippen LogP contribution in [0.25, 0.3) is 0 Å². The van der Waals surface area contributed by atoms with Gasteiger partial charge in [0.1, 0.15) is 5.01 Å². The van der Waals surface area contributed by atoms with E-state index >= 15 is 0 Å². The summed E-state index contributed by atoms with van der Waals surface area (Å²) in [5.74, 6) is 1.76. The highest BCUT2D eigenvalue weighted by molar-refractivity contribution is 7.11. The Kier molecular flexibility index (Phi) is 6.84. The van der Waals surface area contributed by atoms with Gasteiger partial charge in [0.15, 0.2) is 5.96 Å². The molecule has 1 atom stereocenters. The van der Waals surface area contributed by atoms with Crippen molar-refractivity contribution < 1.29 is 0 Å². The largest absolute Gasteiger partial charge is 0.350 e. The Labute approximate surface area is 144 Å². The summed E-state index contributed by atoms with van der Waals surface area (Å²) in [7, 11) is 1.87. The van der Waals surface area contributed by atoms with Gasteiger partial charge < -0.3 is 15.1 Å². The normalized spacial score (nSPS) is 19.0. The van der Waals surface area contributed by atoms with Crippen LogP contribution in [0.1, 0.15) is 35.8 Å². The lowest BCUT2D eigenvalue weighted by Gasteiger charge is -2.24. The SMILES string of the molecule is CCN(CC)CC1CCN(C(=NC)NCc2nc(C)c(C)s2)C1. The van der Waals surface area contributed by atoms with Crippen molar-refractivity contribution in [1.29, 1.82) is 0 Å². The Bertz CT molecular complexity index is 502. The van der Waals surface area contributed by atoms with Crippen molar-refractivity contribution in [3.63, 3.8) is 0 Å². The van der Waals surface area contributed by atoms with Gasteiger partial charge in [-0.05, 0) is 39.3 Å². The summed E-state index contributed by atoms with van der Waals surface area (Å²) in [5, 5.41) is 4.62. The van der Waals surface area contributed by atoms with Crippen molar-refractivity contribution in [3.05, 3.63) is 15.6 Å². The van der Waals surface area contributed by atoms with E-state index in [2.05, 4.69) is 52.8 Å². The van der Waals surface area contributed by atoms with E-state index in [9.17, 15) is 0 Å². The van der Waals surface area contributed by atoms with E-state index in [4.69, 9.17) is 0 Å². The van der Waals surface area contributed by atoms with Crippen LogP contribution in [0.4, 0.5) is 0 Å². The van der Waals surface area contributed by atoms with Crippen molar-refractivity contribution >= 4 is 17.3 Å². The Balaban J connectivity index is 1.84. The summed E-state index contributed by atoms with van der Waals surface area (Å²) < 4.78 is 0. The highest BCUT2D eigenvalue weighted by atomic mass is 32.1. The molecular formula is C17H31N5S. The second-order valence-corrected chi connectivity index (χ2v) is 7.52. The number of guanidine groups is 1. The topological polar surface area (TPSA) is 43.8 Å². The lowest BCUT2D eigenvalue weighted by molar-refractivity contribution is 0.255. The van der Waals surface area contributed by atoms with Crippen LogP contribution in [0.3, 0.4) is 0 Å². The van der Waals surface area contributed by atoms with Gasteiger partial charge in [0.25, 0.3) is 0 Å². The average molecular weight is 338 g/mol. The number of nitrogens with one attached hydrogen (secondary N) is 1. The molecule has 1 aromatic heterocycles. The molecule has 1 unspecified atom stereocenters. The molecule has 1 aromatic rings. The van der Waals surface area contributed by atoms with Gasteiger partial charge in [-0.1, -0.05) is 13.8 Å². The molecule has 1 aliphatic heterocycles. The van der Waals surface area contributed by atoms with Crippen LogP contribution >= 0.6 is 11.3 Å². The van der Waals surface area contributed by atoms with Gasteiger partial charge >= 0.3 is 0 Å². The Hall–Kier alpha value is -1.14. The predicted octanol–water partition coefficient (Wildman–Crippen LogP) is 2.50. The summed E-state index contributed by atoms with van der Waals surface area (Å²) in [5.41, 5.74) is 1.14. The minimum absolute atomic E-state index is 0.748. The minimum Gasteiger partial charge on any atom is -0.350 e. The Morgan fingerprint density at radius 3 is 2.70 bits per heavy atom. The molecule has 0 spiro atoms. The highest BCUT2D eigenvalue weighted by Crippen LogP contribution is 2.19. The van der Waals surface area contributed by atoms with Crippen molar-refractivity contribution in [2.45, 2.75) is 40.7 Å². The van der Waals surface area contributed by atoms with Crippen LogP contribution in [0.2, 0.25) is 0 Å². The number of aromatic nitrogens is 1. The molecule has 2 rings (SSSR count). The lowest BCUT2D eigenvalue weighted by Crippen LogP contribution is -2.40. The molecule has 1 N–H and O–H groups in total. The first kappa shape index (κ1) is 18.2. The molecule has 0 aromatic carbocycles. The molecule has 1 fully saturated rings. The second kappa shape index (κ2) is 8.64. The van der Waals surface area contributed by atoms with Gasteiger partial charge in [-0.15, -0.1) is 11.3 Å². The van der Waals surface area contributed by atoms with E-state index in [0.29, 0.717) is 0 Å². The third kappa shape index (κ3) is 4.91. The number of nitrogens with zero attached hydrogens (tertiary/aromatic N) is 4. The molecule has 6 heteroatoms. The highest BCUT2D eigenvalue weighted by Gasteiger charge is 2.25. The molecule has 0 saturated carbocycles. The molecule has 0 amide bonds. The third-order valence-corrected chi connectivity index (χ3v) is 5.75. The quantitative estimate of drug-likeness (QED) is 0.640. The predicted molar refractivity (Wildman–Crippen MR) is 99.3 cm³/mol. The molecule has 1 saturated heterocycles. The number of aliphatic imine (C=N–C) groups is 1. The molecule has 23 heavy (non-hydrogen) atoms. The second-order valence-electron chi connectivity index (χ2n) is 6.24. The fraction of sp³-hybridized carbons (Fsp3) is 0.765. The maximum atomic E-state index is 4.60. The Morgan fingerprint density at radius 2 is 2.13 bits per heavy atom. The molecule has 0 radical (unpaired) electrons. The number of aryl methyl sites for hydroxylation is 2. The van der Waals surface area contributed by atoms with Gasteiger partial charge in [-0.3, -0.25) is 4.99 Å². The number of thiazole rings is 1. The fourth-order valence-electron chi connectivity index (χ4n) is 3.12. The molecule has 0 aliphatic carbocycles. The fourth-order valence-corrected chi connectivity index (χ4v) is 4.00. The van der Waals surface area contributed by atoms with Crippen molar-refractivity contribution in [1.82, 2.24) is 20.1 Å². The standard InChI is InChI=1S/C17H31N5S/c1-6-21(7-2)11-15-8-9-22(12-15)17(18-5)19-10-16-20-13(3)14(4)23-16/h15H,6-12H2,1-5H3,(H,18,19). The van der Waals surface area contributed by atoms with Crippen LogP contribution in [0, 0.1) is 19.8 Å². The summed E-state index contributed by atoms with van der Waals surface area (Å²) in [6, 6.07) is 0. The zero-order chi connectivity index (χ0) is 16.8. The summed E-state index contributed by atoms with van der Waals surface area (Å²) in [6.07, 6.45) is 1.26. The maximum absolute atomic E-state index is 4.60. The van der Waals surface area contributed by atoms with Crippen LogP contribution in [0.15, 0.2) is 4.99 Å². The monoisotopic (exact) mass is 337 g/mol. The molecule has 0 bridgehead atoms. The zero-order valence-corrected chi connectivity index (χ0v) is 16.0. The number of rotatable bonds is 6. The summed E-state index contributed by atoms with van der Waals surface area (Å²) >= 11 is 1.77. The maximum Gasteiger partial charge on any atom is 0.194 e. The van der Waals surface area contributed by atoms with Gasteiger partial charge in [0.05, 0.1) is 12.2 Å². The zero-order valence-electron chi connectivity index (χ0n) is 15.2. The summed E-state index contributed by atoms with van der Waals surface area (Å²) in [4.78, 5) is 15.3. The van der Waals surface area contributed by atoms with E-state index in [1.54, 1.807) is 11.3 Å². The van der Waals surface area contributed by atoms with Crippen LogP contribution in [-0.2, 0) is 6.54 Å². The first-order chi connectivity index (χ1) is 11.1. The van der Waals surface area contributed by atoms with E-state index in [0.717, 1.165) is 55.3 Å². The van der Waals surface area contributed by atoms with Crippen LogP contribution < -0.4 is 5.32 Å². The van der Waals surface area contributed by atoms with Crippen LogP contribution in [-0.4, -0.2) is 60.5 Å².